The first-order valence-corrected chi connectivity index (χ1v) is 4.01. The molecule has 31 valence electrons. The molecule has 1 radical (unpaired) electrons. The van der Waals surface area contributed by atoms with Crippen LogP contribution in [0.1, 0.15) is 13.8 Å². The lowest BCUT2D eigenvalue weighted by Crippen LogP contribution is -1.79. The van der Waals surface area contributed by atoms with Crippen molar-refractivity contribution in [3.05, 3.63) is 6.04 Å². The summed E-state index contributed by atoms with van der Waals surface area (Å²) in [6.45, 7) is 4.39. The van der Waals surface area contributed by atoms with Crippen molar-refractivity contribution in [2.75, 3.05) is 0 Å². The first-order valence-electron chi connectivity index (χ1n) is 2.19. The van der Waals surface area contributed by atoms with E-state index in [0.29, 0.717) is 9.52 Å². The van der Waals surface area contributed by atoms with Gasteiger partial charge >= 0.3 is 0 Å². The van der Waals surface area contributed by atoms with Gasteiger partial charge in [0.25, 0.3) is 0 Å². The van der Waals surface area contributed by atoms with E-state index in [1.165, 1.54) is 6.04 Å². The maximum absolute atomic E-state index is 2.32. The van der Waals surface area contributed by atoms with Crippen LogP contribution in [0.25, 0.3) is 0 Å². The van der Waals surface area contributed by atoms with Crippen molar-refractivity contribution in [2.45, 2.75) is 19.9 Å². The second kappa shape index (κ2) is 4.22. The van der Waals surface area contributed by atoms with Crippen LogP contribution in [0, 0.1) is 6.04 Å². The molecule has 0 spiro atoms. The topological polar surface area (TPSA) is 0 Å². The highest BCUT2D eigenvalue weighted by Crippen LogP contribution is 1.73. The monoisotopic (exact) mass is 87.1 g/mol. The predicted octanol–water partition coefficient (Wildman–Crippen LogP) is 0.775. The molecule has 0 amide bonds. The molecule has 0 bridgehead atoms. The van der Waals surface area contributed by atoms with Gasteiger partial charge in [0, 0.05) is 9.52 Å². The first-order chi connectivity index (χ1) is 2.41. The third-order valence-corrected chi connectivity index (χ3v) is 1.73. The van der Waals surface area contributed by atoms with Crippen molar-refractivity contribution >= 4 is 9.52 Å². The Morgan fingerprint density at radius 3 is 2.40 bits per heavy atom. The van der Waals surface area contributed by atoms with Crippen molar-refractivity contribution in [1.29, 1.82) is 0 Å². The van der Waals surface area contributed by atoms with E-state index in [-0.39, 0.29) is 0 Å². The van der Waals surface area contributed by atoms with Gasteiger partial charge in [-0.25, -0.2) is 0 Å². The first kappa shape index (κ1) is 5.22. The van der Waals surface area contributed by atoms with Crippen LogP contribution in [0.15, 0.2) is 0 Å². The summed E-state index contributed by atoms with van der Waals surface area (Å²) in [4.78, 5) is 0. The molecular formula is C4H11Si. The fourth-order valence-electron chi connectivity index (χ4n) is 0.289. The number of hydrogen-bond acceptors (Lipinski definition) is 0. The highest BCUT2D eigenvalue weighted by atomic mass is 28.2. The van der Waals surface area contributed by atoms with Gasteiger partial charge < -0.3 is 0 Å². The maximum Gasteiger partial charge on any atom is 0.0225 e. The third-order valence-electron chi connectivity index (χ3n) is 0.577. The van der Waals surface area contributed by atoms with Crippen LogP contribution in [0.5, 0.6) is 0 Å². The van der Waals surface area contributed by atoms with E-state index in [1.807, 2.05) is 0 Å². The highest BCUT2D eigenvalue weighted by Gasteiger charge is 1.70. The second-order valence-electron chi connectivity index (χ2n) is 1.20. The molecule has 0 saturated carbocycles. The number of rotatable bonds is 2. The fraction of sp³-hybridized carbons (Fsp3) is 0.750. The molecule has 0 aliphatic rings. The Morgan fingerprint density at radius 2 is 2.40 bits per heavy atom. The molecule has 0 aromatic carbocycles. The van der Waals surface area contributed by atoms with Crippen LogP contribution in [0.4, 0.5) is 0 Å². The van der Waals surface area contributed by atoms with Crippen LogP contribution in [-0.2, 0) is 0 Å². The van der Waals surface area contributed by atoms with Gasteiger partial charge in [0.2, 0.25) is 0 Å². The molecule has 0 aliphatic carbocycles. The van der Waals surface area contributed by atoms with E-state index in [9.17, 15) is 0 Å². The molecule has 1 heteroatoms. The lowest BCUT2D eigenvalue weighted by Gasteiger charge is -1.77. The van der Waals surface area contributed by atoms with Crippen molar-refractivity contribution in [3.63, 3.8) is 0 Å². The molecule has 0 N–H and O–H groups in total. The van der Waals surface area contributed by atoms with E-state index in [1.54, 1.807) is 0 Å². The summed E-state index contributed by atoms with van der Waals surface area (Å²) >= 11 is 0. The third kappa shape index (κ3) is 4.22. The quantitative estimate of drug-likeness (QED) is 0.436. The molecule has 0 heterocycles. The molecule has 0 aliphatic heterocycles. The largest absolute Gasteiger partial charge is 0.0683 e. The summed E-state index contributed by atoms with van der Waals surface area (Å²) in [5.41, 5.74) is 0. The van der Waals surface area contributed by atoms with E-state index in [2.05, 4.69) is 19.9 Å². The molecule has 0 unspecified atom stereocenters. The highest BCUT2D eigenvalue weighted by molar-refractivity contribution is 6.39. The summed E-state index contributed by atoms with van der Waals surface area (Å²) in [6.07, 6.45) is 0. The smallest absolute Gasteiger partial charge is 0.0225 e. The SMILES string of the molecule is C[CH][SiH2]CC. The van der Waals surface area contributed by atoms with Gasteiger partial charge in [-0.2, -0.15) is 0 Å². The zero-order valence-electron chi connectivity index (χ0n) is 3.99. The molecule has 0 nitrogen and oxygen atoms in total. The molecule has 5 heavy (non-hydrogen) atoms. The average molecular weight is 87.2 g/mol. The predicted molar refractivity (Wildman–Crippen MR) is 29.0 cm³/mol. The molecule has 0 atom stereocenters. The molecule has 0 saturated heterocycles. The van der Waals surface area contributed by atoms with Gasteiger partial charge in [0.1, 0.15) is 0 Å². The summed E-state index contributed by atoms with van der Waals surface area (Å²) < 4.78 is 0. The standard InChI is InChI=1S/C4H11Si/c1-3-5-4-2/h3H,4-5H2,1-2H3. The lowest BCUT2D eigenvalue weighted by atomic mass is 11.0. The molecule has 0 rings (SSSR count). The Hall–Kier alpha value is 0.217. The van der Waals surface area contributed by atoms with Gasteiger partial charge in [0.15, 0.2) is 0 Å². The Bertz CT molecular complexity index is 11.1. The minimum atomic E-state index is 0.307. The Balaban J connectivity index is 2.19. The van der Waals surface area contributed by atoms with Gasteiger partial charge in [-0.3, -0.25) is 0 Å². The van der Waals surface area contributed by atoms with Crippen LogP contribution >= 0.6 is 0 Å². The van der Waals surface area contributed by atoms with E-state index < -0.39 is 0 Å². The average Bonchev–Trinajstić information content (AvgIpc) is 1.41. The minimum absolute atomic E-state index is 0.307. The molecule has 0 aromatic heterocycles. The maximum atomic E-state index is 2.32. The van der Waals surface area contributed by atoms with E-state index in [0.717, 1.165) is 0 Å². The molecule has 0 aromatic rings. The van der Waals surface area contributed by atoms with E-state index in [4.69, 9.17) is 0 Å². The Kier molecular flexibility index (Phi) is 4.40. The van der Waals surface area contributed by atoms with Crippen LogP contribution in [0.2, 0.25) is 6.04 Å². The Morgan fingerprint density at radius 1 is 1.80 bits per heavy atom. The summed E-state index contributed by atoms with van der Waals surface area (Å²) in [5.74, 6) is 0. The minimum Gasteiger partial charge on any atom is -0.0683 e. The normalized spacial score (nSPS) is 8.40. The van der Waals surface area contributed by atoms with Crippen LogP contribution in [0.3, 0.4) is 0 Å². The van der Waals surface area contributed by atoms with Crippen molar-refractivity contribution < 1.29 is 0 Å². The summed E-state index contributed by atoms with van der Waals surface area (Å²) in [7, 11) is 0.307. The van der Waals surface area contributed by atoms with Gasteiger partial charge in [-0.1, -0.05) is 25.9 Å². The van der Waals surface area contributed by atoms with Gasteiger partial charge in [-0.05, 0) is 0 Å². The zero-order valence-corrected chi connectivity index (χ0v) is 5.41. The fourth-order valence-corrected chi connectivity index (χ4v) is 0.866. The van der Waals surface area contributed by atoms with E-state index >= 15 is 0 Å². The summed E-state index contributed by atoms with van der Waals surface area (Å²) in [5, 5.41) is 0. The molecule has 0 fully saturated rings. The summed E-state index contributed by atoms with van der Waals surface area (Å²) in [6, 6.07) is 3.75. The van der Waals surface area contributed by atoms with Gasteiger partial charge in [0.05, 0.1) is 0 Å². The van der Waals surface area contributed by atoms with Gasteiger partial charge in [-0.15, -0.1) is 0 Å². The zero-order chi connectivity index (χ0) is 4.12. The van der Waals surface area contributed by atoms with Crippen molar-refractivity contribution in [1.82, 2.24) is 0 Å². The Labute approximate surface area is 36.4 Å². The lowest BCUT2D eigenvalue weighted by molar-refractivity contribution is 1.44. The van der Waals surface area contributed by atoms with Crippen molar-refractivity contribution in [3.8, 4) is 0 Å². The van der Waals surface area contributed by atoms with Crippen LogP contribution < -0.4 is 0 Å². The van der Waals surface area contributed by atoms with Crippen molar-refractivity contribution in [2.24, 2.45) is 0 Å². The number of hydrogen-bond donors (Lipinski definition) is 0. The second-order valence-corrected chi connectivity index (χ2v) is 3.59. The van der Waals surface area contributed by atoms with Crippen LogP contribution in [-0.4, -0.2) is 9.52 Å². The molecular weight excluding hydrogens is 76.1 g/mol.